The van der Waals surface area contributed by atoms with Gasteiger partial charge in [0.2, 0.25) is 0 Å². The molecule has 0 radical (unpaired) electrons. The predicted octanol–water partition coefficient (Wildman–Crippen LogP) is 4.21. The van der Waals surface area contributed by atoms with Crippen LogP contribution in [0.4, 0.5) is 5.69 Å². The van der Waals surface area contributed by atoms with Gasteiger partial charge in [-0.15, -0.1) is 0 Å². The van der Waals surface area contributed by atoms with Gasteiger partial charge in [-0.25, -0.2) is 4.79 Å². The van der Waals surface area contributed by atoms with Crippen molar-refractivity contribution in [1.29, 1.82) is 5.26 Å². The molecule has 2 aromatic rings. The van der Waals surface area contributed by atoms with E-state index in [-0.39, 0.29) is 18.5 Å². The Bertz CT molecular complexity index is 882. The average Bonchev–Trinajstić information content (AvgIpc) is 2.67. The molecule has 0 heterocycles. The van der Waals surface area contributed by atoms with Crippen molar-refractivity contribution in [2.45, 2.75) is 6.42 Å². The largest absolute Gasteiger partial charge is 0.497 e. The van der Waals surface area contributed by atoms with Crippen molar-refractivity contribution in [3.63, 3.8) is 0 Å². The van der Waals surface area contributed by atoms with Gasteiger partial charge in [0, 0.05) is 21.7 Å². The van der Waals surface area contributed by atoms with Crippen LogP contribution in [0.1, 0.15) is 16.8 Å². The van der Waals surface area contributed by atoms with E-state index in [0.717, 1.165) is 0 Å². The molecule has 0 N–H and O–H groups in total. The van der Waals surface area contributed by atoms with Crippen LogP contribution in [-0.2, 0) is 9.53 Å². The van der Waals surface area contributed by atoms with Crippen molar-refractivity contribution in [1.82, 2.24) is 0 Å². The molecule has 0 saturated carbocycles. The van der Waals surface area contributed by atoms with Gasteiger partial charge in [-0.3, -0.25) is 4.79 Å². The number of esters is 1. The van der Waals surface area contributed by atoms with Crippen LogP contribution in [0, 0.1) is 11.3 Å². The van der Waals surface area contributed by atoms with E-state index in [9.17, 15) is 9.59 Å². The zero-order chi connectivity index (χ0) is 19.8. The van der Waals surface area contributed by atoms with Gasteiger partial charge in [-0.1, -0.05) is 17.7 Å². The van der Waals surface area contributed by atoms with Crippen LogP contribution < -0.4 is 9.64 Å². The minimum Gasteiger partial charge on any atom is -0.497 e. The summed E-state index contributed by atoms with van der Waals surface area (Å²) in [6.07, 6.45) is 0.133. The first-order valence-corrected chi connectivity index (χ1v) is 9.07. The van der Waals surface area contributed by atoms with Crippen LogP contribution in [0.25, 0.3) is 0 Å². The van der Waals surface area contributed by atoms with Crippen molar-refractivity contribution in [3.05, 3.63) is 57.5 Å². The Balaban J connectivity index is 2.11. The third-order valence-electron chi connectivity index (χ3n) is 3.59. The molecule has 27 heavy (non-hydrogen) atoms. The van der Waals surface area contributed by atoms with Gasteiger partial charge in [-0.2, -0.15) is 5.26 Å². The van der Waals surface area contributed by atoms with E-state index < -0.39 is 18.5 Å². The van der Waals surface area contributed by atoms with Crippen LogP contribution in [0.2, 0.25) is 5.02 Å². The van der Waals surface area contributed by atoms with Gasteiger partial charge >= 0.3 is 5.97 Å². The predicted molar refractivity (Wildman–Crippen MR) is 105 cm³/mol. The number of ether oxygens (including phenoxy) is 2. The smallest absolute Gasteiger partial charge is 0.339 e. The molecule has 0 atom stereocenters. The normalized spacial score (nSPS) is 10.0. The number of carbonyl (C=O) groups is 2. The number of carbonyl (C=O) groups excluding carboxylic acids is 2. The van der Waals surface area contributed by atoms with Gasteiger partial charge in [-0.05, 0) is 52.3 Å². The highest BCUT2D eigenvalue weighted by Gasteiger charge is 2.20. The maximum absolute atomic E-state index is 12.6. The van der Waals surface area contributed by atoms with Crippen LogP contribution in [-0.4, -0.2) is 32.1 Å². The second kappa shape index (κ2) is 9.95. The molecule has 2 aromatic carbocycles. The number of amides is 1. The number of benzene rings is 2. The van der Waals surface area contributed by atoms with Crippen molar-refractivity contribution in [2.24, 2.45) is 0 Å². The maximum atomic E-state index is 12.6. The molecule has 2 rings (SSSR count). The van der Waals surface area contributed by atoms with E-state index in [1.54, 1.807) is 36.4 Å². The van der Waals surface area contributed by atoms with E-state index in [4.69, 9.17) is 26.3 Å². The summed E-state index contributed by atoms with van der Waals surface area (Å²) in [4.78, 5) is 26.2. The highest BCUT2D eigenvalue weighted by Crippen LogP contribution is 2.24. The fraction of sp³-hybridized carbons (Fsp3) is 0.211. The Kier molecular flexibility index (Phi) is 7.65. The first-order valence-electron chi connectivity index (χ1n) is 7.89. The molecule has 0 aromatic heterocycles. The van der Waals surface area contributed by atoms with Gasteiger partial charge in [0.05, 0.1) is 25.2 Å². The standard InChI is InChI=1S/C19H16BrClN2O4/c1-26-15-6-7-17(20)16(11-15)19(25)27-12-18(24)23(9-3-8-22)14-5-2-4-13(21)10-14/h2,4-7,10-11H,3,9,12H2,1H3. The van der Waals surface area contributed by atoms with Crippen LogP contribution >= 0.6 is 27.5 Å². The molecule has 0 aliphatic rings. The molecule has 0 aliphatic heterocycles. The van der Waals surface area contributed by atoms with Crippen LogP contribution in [0.5, 0.6) is 5.75 Å². The summed E-state index contributed by atoms with van der Waals surface area (Å²) >= 11 is 9.25. The molecule has 0 saturated heterocycles. The lowest BCUT2D eigenvalue weighted by atomic mass is 10.2. The Labute approximate surface area is 170 Å². The van der Waals surface area contributed by atoms with Gasteiger partial charge in [0.15, 0.2) is 6.61 Å². The quantitative estimate of drug-likeness (QED) is 0.589. The topological polar surface area (TPSA) is 79.6 Å². The van der Waals surface area contributed by atoms with Crippen molar-refractivity contribution in [3.8, 4) is 11.8 Å². The van der Waals surface area contributed by atoms with Crippen molar-refractivity contribution >= 4 is 45.1 Å². The lowest BCUT2D eigenvalue weighted by Gasteiger charge is -2.22. The summed E-state index contributed by atoms with van der Waals surface area (Å²) in [5.74, 6) is -0.633. The minimum atomic E-state index is -0.666. The summed E-state index contributed by atoms with van der Waals surface area (Å²) in [7, 11) is 1.49. The highest BCUT2D eigenvalue weighted by atomic mass is 79.9. The minimum absolute atomic E-state index is 0.133. The Morgan fingerprint density at radius 1 is 1.26 bits per heavy atom. The molecule has 1 amide bonds. The number of rotatable bonds is 7. The fourth-order valence-corrected chi connectivity index (χ4v) is 2.87. The third-order valence-corrected chi connectivity index (χ3v) is 4.51. The number of hydrogen-bond donors (Lipinski definition) is 0. The molecule has 140 valence electrons. The van der Waals surface area contributed by atoms with E-state index in [0.29, 0.717) is 20.9 Å². The maximum Gasteiger partial charge on any atom is 0.339 e. The second-order valence-electron chi connectivity index (χ2n) is 5.36. The van der Waals surface area contributed by atoms with Gasteiger partial charge < -0.3 is 14.4 Å². The van der Waals surface area contributed by atoms with Gasteiger partial charge in [0.1, 0.15) is 5.75 Å². The number of methoxy groups -OCH3 is 1. The SMILES string of the molecule is COc1ccc(Br)c(C(=O)OCC(=O)N(CCC#N)c2cccc(Cl)c2)c1. The zero-order valence-corrected chi connectivity index (χ0v) is 16.8. The van der Waals surface area contributed by atoms with Crippen molar-refractivity contribution < 1.29 is 19.1 Å². The number of nitriles is 1. The number of halogens is 2. The van der Waals surface area contributed by atoms with E-state index >= 15 is 0 Å². The summed E-state index contributed by atoms with van der Waals surface area (Å²) in [6.45, 7) is -0.309. The Hall–Kier alpha value is -2.56. The first-order chi connectivity index (χ1) is 13.0. The summed E-state index contributed by atoms with van der Waals surface area (Å²) in [5.41, 5.74) is 0.773. The van der Waals surface area contributed by atoms with Crippen molar-refractivity contribution in [2.75, 3.05) is 25.2 Å². The number of nitrogens with zero attached hydrogens (tertiary/aromatic N) is 2. The van der Waals surface area contributed by atoms with E-state index in [1.807, 2.05) is 6.07 Å². The molecule has 0 spiro atoms. The monoisotopic (exact) mass is 450 g/mol. The molecule has 8 heteroatoms. The molecule has 0 fully saturated rings. The number of anilines is 1. The molecular formula is C19H16BrClN2O4. The average molecular weight is 452 g/mol. The summed E-state index contributed by atoms with van der Waals surface area (Å²) < 4.78 is 10.8. The second-order valence-corrected chi connectivity index (χ2v) is 6.65. The van der Waals surface area contributed by atoms with E-state index in [2.05, 4.69) is 15.9 Å². The summed E-state index contributed by atoms with van der Waals surface area (Å²) in [5, 5.41) is 9.29. The molecule has 0 aliphatic carbocycles. The molecule has 0 bridgehead atoms. The Morgan fingerprint density at radius 3 is 2.70 bits per heavy atom. The fourth-order valence-electron chi connectivity index (χ4n) is 2.27. The van der Waals surface area contributed by atoms with E-state index in [1.165, 1.54) is 18.1 Å². The highest BCUT2D eigenvalue weighted by molar-refractivity contribution is 9.10. The van der Waals surface area contributed by atoms with Crippen LogP contribution in [0.3, 0.4) is 0 Å². The number of hydrogen-bond acceptors (Lipinski definition) is 5. The first kappa shape index (κ1) is 20.7. The third kappa shape index (κ3) is 5.71. The lowest BCUT2D eigenvalue weighted by Crippen LogP contribution is -2.35. The van der Waals surface area contributed by atoms with Gasteiger partial charge in [0.25, 0.3) is 5.91 Å². The Morgan fingerprint density at radius 2 is 2.04 bits per heavy atom. The molecule has 0 unspecified atom stereocenters. The lowest BCUT2D eigenvalue weighted by molar-refractivity contribution is -0.121. The zero-order valence-electron chi connectivity index (χ0n) is 14.4. The molecule has 6 nitrogen and oxygen atoms in total. The summed E-state index contributed by atoms with van der Waals surface area (Å²) in [6, 6.07) is 13.5. The molecular weight excluding hydrogens is 436 g/mol. The van der Waals surface area contributed by atoms with Crippen LogP contribution in [0.15, 0.2) is 46.9 Å².